The third kappa shape index (κ3) is 3.07. The number of carboxylic acids is 1. The lowest BCUT2D eigenvalue weighted by molar-refractivity contribution is 0.0662. The van der Waals surface area contributed by atoms with E-state index in [1.807, 2.05) is 6.92 Å². The second kappa shape index (κ2) is 6.42. The Balaban J connectivity index is 2.04. The summed E-state index contributed by atoms with van der Waals surface area (Å²) in [4.78, 5) is 23.5. The highest BCUT2D eigenvalue weighted by molar-refractivity contribution is 5.91. The molecule has 3 rings (SSSR count). The van der Waals surface area contributed by atoms with Gasteiger partial charge in [0.15, 0.2) is 5.43 Å². The van der Waals surface area contributed by atoms with Gasteiger partial charge in [0.05, 0.1) is 6.10 Å². The number of carbonyl (C=O) groups is 1. The summed E-state index contributed by atoms with van der Waals surface area (Å²) in [7, 11) is 0. The Labute approximate surface area is 132 Å². The molecule has 6 heteroatoms. The van der Waals surface area contributed by atoms with Gasteiger partial charge in [0.1, 0.15) is 23.3 Å². The summed E-state index contributed by atoms with van der Waals surface area (Å²) in [6.45, 7) is 3.00. The molecule has 0 aliphatic carbocycles. The molecule has 122 valence electrons. The van der Waals surface area contributed by atoms with E-state index < -0.39 is 11.4 Å². The van der Waals surface area contributed by atoms with Crippen LogP contribution in [0.3, 0.4) is 0 Å². The van der Waals surface area contributed by atoms with E-state index in [0.29, 0.717) is 18.8 Å². The summed E-state index contributed by atoms with van der Waals surface area (Å²) in [5.74, 6) is -1.23. The highest BCUT2D eigenvalue weighted by atomic mass is 16.5. The summed E-state index contributed by atoms with van der Waals surface area (Å²) < 4.78 is 16.7. The number of carboxylic acid groups (broad SMARTS) is 1. The molecule has 1 aliphatic rings. The Bertz CT molecular complexity index is 786. The van der Waals surface area contributed by atoms with E-state index in [1.54, 1.807) is 12.1 Å². The maximum Gasteiger partial charge on any atom is 0.371 e. The summed E-state index contributed by atoms with van der Waals surface area (Å²) in [6.07, 6.45) is 2.59. The number of rotatable bonds is 5. The van der Waals surface area contributed by atoms with Crippen molar-refractivity contribution in [3.05, 3.63) is 39.7 Å². The maximum absolute atomic E-state index is 12.4. The van der Waals surface area contributed by atoms with Crippen molar-refractivity contribution in [2.45, 2.75) is 32.3 Å². The topological polar surface area (TPSA) is 86.0 Å². The first kappa shape index (κ1) is 15.6. The molecule has 23 heavy (non-hydrogen) atoms. The van der Waals surface area contributed by atoms with Gasteiger partial charge in [-0.2, -0.15) is 0 Å². The highest BCUT2D eigenvalue weighted by Gasteiger charge is 2.20. The van der Waals surface area contributed by atoms with Crippen LogP contribution in [-0.4, -0.2) is 30.4 Å². The lowest BCUT2D eigenvalue weighted by Gasteiger charge is -2.14. The second-order valence-corrected chi connectivity index (χ2v) is 5.51. The zero-order valence-corrected chi connectivity index (χ0v) is 12.8. The number of aromatic carboxylic acids is 1. The first-order valence-corrected chi connectivity index (χ1v) is 7.67. The molecule has 0 bridgehead atoms. The van der Waals surface area contributed by atoms with Crippen molar-refractivity contribution in [1.82, 2.24) is 0 Å². The van der Waals surface area contributed by atoms with Gasteiger partial charge in [-0.1, -0.05) is 13.0 Å². The smallest absolute Gasteiger partial charge is 0.371 e. The fourth-order valence-corrected chi connectivity index (χ4v) is 2.75. The van der Waals surface area contributed by atoms with Gasteiger partial charge < -0.3 is 19.0 Å². The fraction of sp³-hybridized carbons (Fsp3) is 0.412. The van der Waals surface area contributed by atoms with Crippen LogP contribution in [0.5, 0.6) is 5.75 Å². The lowest BCUT2D eigenvalue weighted by atomic mass is 10.1. The summed E-state index contributed by atoms with van der Waals surface area (Å²) in [5.41, 5.74) is 0.633. The van der Waals surface area contributed by atoms with Gasteiger partial charge in [-0.05, 0) is 30.9 Å². The largest absolute Gasteiger partial charge is 0.490 e. The van der Waals surface area contributed by atoms with E-state index in [1.165, 1.54) is 0 Å². The van der Waals surface area contributed by atoms with Crippen LogP contribution in [0.4, 0.5) is 0 Å². The van der Waals surface area contributed by atoms with E-state index in [-0.39, 0.29) is 22.8 Å². The molecule has 0 amide bonds. The Morgan fingerprint density at radius 2 is 2.26 bits per heavy atom. The first-order chi connectivity index (χ1) is 11.1. The molecule has 1 aromatic heterocycles. The number of ether oxygens (including phenoxy) is 2. The average molecular weight is 318 g/mol. The molecule has 6 nitrogen and oxygen atoms in total. The molecule has 2 heterocycles. The van der Waals surface area contributed by atoms with Crippen molar-refractivity contribution < 1.29 is 23.8 Å². The third-order valence-corrected chi connectivity index (χ3v) is 3.96. The fourth-order valence-electron chi connectivity index (χ4n) is 2.75. The quantitative estimate of drug-likeness (QED) is 0.912. The Morgan fingerprint density at radius 1 is 1.43 bits per heavy atom. The molecule has 1 aliphatic heterocycles. The van der Waals surface area contributed by atoms with Crippen LogP contribution < -0.4 is 10.2 Å². The van der Waals surface area contributed by atoms with Crippen LogP contribution in [0.25, 0.3) is 11.0 Å². The van der Waals surface area contributed by atoms with Crippen LogP contribution in [0.15, 0.2) is 27.4 Å². The van der Waals surface area contributed by atoms with Crippen LogP contribution >= 0.6 is 0 Å². The van der Waals surface area contributed by atoms with Crippen LogP contribution in [-0.2, 0) is 11.2 Å². The zero-order chi connectivity index (χ0) is 16.4. The highest BCUT2D eigenvalue weighted by Crippen LogP contribution is 2.28. The predicted molar refractivity (Wildman–Crippen MR) is 83.3 cm³/mol. The molecule has 0 radical (unpaired) electrons. The Morgan fingerprint density at radius 3 is 2.91 bits per heavy atom. The van der Waals surface area contributed by atoms with Gasteiger partial charge in [-0.25, -0.2) is 4.79 Å². The van der Waals surface area contributed by atoms with Crippen molar-refractivity contribution in [2.75, 3.05) is 13.2 Å². The predicted octanol–water partition coefficient (Wildman–Crippen LogP) is 2.61. The number of aryl methyl sites for hydroxylation is 1. The van der Waals surface area contributed by atoms with Gasteiger partial charge in [-0.3, -0.25) is 4.79 Å². The summed E-state index contributed by atoms with van der Waals surface area (Å²) in [5, 5.41) is 9.35. The molecule has 1 aromatic carbocycles. The van der Waals surface area contributed by atoms with Gasteiger partial charge in [-0.15, -0.1) is 0 Å². The Kier molecular flexibility index (Phi) is 4.34. The molecule has 0 saturated carbocycles. The minimum absolute atomic E-state index is 0.0289. The summed E-state index contributed by atoms with van der Waals surface area (Å²) >= 11 is 0. The molecule has 2 aromatic rings. The van der Waals surface area contributed by atoms with Crippen molar-refractivity contribution in [1.29, 1.82) is 0 Å². The Hall–Kier alpha value is -2.34. The average Bonchev–Trinajstić information content (AvgIpc) is 3.05. The van der Waals surface area contributed by atoms with Crippen molar-refractivity contribution in [3.63, 3.8) is 0 Å². The normalized spacial score (nSPS) is 17.5. The molecule has 1 N–H and O–H groups in total. The van der Waals surface area contributed by atoms with Gasteiger partial charge in [0.25, 0.3) is 0 Å². The molecule has 1 unspecified atom stereocenters. The molecular formula is C17H18O6. The second-order valence-electron chi connectivity index (χ2n) is 5.51. The van der Waals surface area contributed by atoms with Crippen LogP contribution in [0.1, 0.15) is 35.9 Å². The minimum atomic E-state index is -1.27. The van der Waals surface area contributed by atoms with Gasteiger partial charge in [0, 0.05) is 12.7 Å². The standard InChI is InChI=1S/C17H18O6/c1-2-10-5-6-13(22-9-11-4-3-7-21-11)15-12(18)8-14(17(19)20)23-16(10)15/h5-6,8,11H,2-4,7,9H2,1H3,(H,19,20). The van der Waals surface area contributed by atoms with E-state index in [0.717, 1.165) is 31.1 Å². The van der Waals surface area contributed by atoms with Crippen LogP contribution in [0.2, 0.25) is 0 Å². The third-order valence-electron chi connectivity index (χ3n) is 3.96. The van der Waals surface area contributed by atoms with E-state index >= 15 is 0 Å². The summed E-state index contributed by atoms with van der Waals surface area (Å²) in [6, 6.07) is 4.51. The van der Waals surface area contributed by atoms with Gasteiger partial charge in [0.2, 0.25) is 5.76 Å². The first-order valence-electron chi connectivity index (χ1n) is 7.67. The van der Waals surface area contributed by atoms with Crippen molar-refractivity contribution in [3.8, 4) is 5.75 Å². The molecule has 1 fully saturated rings. The number of benzene rings is 1. The zero-order valence-electron chi connectivity index (χ0n) is 12.8. The van der Waals surface area contributed by atoms with E-state index in [2.05, 4.69) is 0 Å². The van der Waals surface area contributed by atoms with E-state index in [4.69, 9.17) is 19.0 Å². The van der Waals surface area contributed by atoms with Crippen molar-refractivity contribution in [2.24, 2.45) is 0 Å². The van der Waals surface area contributed by atoms with Gasteiger partial charge >= 0.3 is 5.97 Å². The molecular weight excluding hydrogens is 300 g/mol. The maximum atomic E-state index is 12.4. The SMILES string of the molecule is CCc1ccc(OCC2CCCO2)c2c(=O)cc(C(=O)O)oc12. The minimum Gasteiger partial charge on any atom is -0.490 e. The monoisotopic (exact) mass is 318 g/mol. The molecule has 0 spiro atoms. The van der Waals surface area contributed by atoms with Crippen LogP contribution in [0, 0.1) is 0 Å². The van der Waals surface area contributed by atoms with Crippen molar-refractivity contribution >= 4 is 16.9 Å². The molecule has 1 atom stereocenters. The lowest BCUT2D eigenvalue weighted by Crippen LogP contribution is -2.17. The molecule has 1 saturated heterocycles. The number of hydrogen-bond acceptors (Lipinski definition) is 5. The number of hydrogen-bond donors (Lipinski definition) is 1. The van der Waals surface area contributed by atoms with E-state index in [9.17, 15) is 9.59 Å². The number of fused-ring (bicyclic) bond motifs is 1.